The number of hydrogen-bond donors (Lipinski definition) is 1. The highest BCUT2D eigenvalue weighted by Gasteiger charge is 2.03. The average Bonchev–Trinajstić information content (AvgIpc) is 2.02. The molecule has 1 unspecified atom stereocenters. The van der Waals surface area contributed by atoms with E-state index in [0.29, 0.717) is 13.2 Å². The summed E-state index contributed by atoms with van der Waals surface area (Å²) in [6, 6.07) is 0. The second-order valence-electron chi connectivity index (χ2n) is 2.50. The number of amides is 1. The zero-order valence-corrected chi connectivity index (χ0v) is 7.92. The summed E-state index contributed by atoms with van der Waals surface area (Å²) in [7, 11) is 1.49. The van der Waals surface area contributed by atoms with Crippen LogP contribution in [-0.2, 0) is 14.3 Å². The van der Waals surface area contributed by atoms with Gasteiger partial charge in [0, 0.05) is 20.3 Å². The largest absolute Gasteiger partial charge is 0.377 e. The fourth-order valence-corrected chi connectivity index (χ4v) is 0.783. The maximum Gasteiger partial charge on any atom is 0.246 e. The van der Waals surface area contributed by atoms with Crippen molar-refractivity contribution in [2.45, 2.75) is 20.0 Å². The number of nitrogens with one attached hydrogen (secondary N) is 1. The Labute approximate surface area is 73.2 Å². The Morgan fingerprint density at radius 3 is 2.75 bits per heavy atom. The van der Waals surface area contributed by atoms with Gasteiger partial charge in [-0.3, -0.25) is 4.79 Å². The molecule has 0 aliphatic rings. The first kappa shape index (κ1) is 11.4. The summed E-state index contributed by atoms with van der Waals surface area (Å²) >= 11 is 0. The summed E-state index contributed by atoms with van der Waals surface area (Å²) in [5.74, 6) is -0.107. The summed E-state index contributed by atoms with van der Waals surface area (Å²) in [4.78, 5) is 10.9. The summed E-state index contributed by atoms with van der Waals surface area (Å²) in [6.45, 7) is 5.15. The molecule has 4 heteroatoms. The van der Waals surface area contributed by atoms with E-state index in [1.54, 1.807) is 0 Å². The predicted octanol–water partition coefficient (Wildman–Crippen LogP) is 0.174. The SMILES string of the molecule is CCOC(C)CNC(=O)COC. The molecule has 0 heterocycles. The van der Waals surface area contributed by atoms with Crippen LogP contribution in [0.25, 0.3) is 0 Å². The van der Waals surface area contributed by atoms with Crippen LogP contribution in [-0.4, -0.2) is 38.9 Å². The van der Waals surface area contributed by atoms with Crippen molar-refractivity contribution in [3.63, 3.8) is 0 Å². The van der Waals surface area contributed by atoms with Crippen LogP contribution in [0.3, 0.4) is 0 Å². The normalized spacial score (nSPS) is 12.6. The maximum absolute atomic E-state index is 10.9. The van der Waals surface area contributed by atoms with Gasteiger partial charge in [0.1, 0.15) is 6.61 Å². The first-order chi connectivity index (χ1) is 5.70. The first-order valence-corrected chi connectivity index (χ1v) is 4.08. The van der Waals surface area contributed by atoms with Crippen LogP contribution >= 0.6 is 0 Å². The van der Waals surface area contributed by atoms with Crippen LogP contribution < -0.4 is 5.32 Å². The van der Waals surface area contributed by atoms with E-state index in [1.807, 2.05) is 13.8 Å². The highest BCUT2D eigenvalue weighted by atomic mass is 16.5. The van der Waals surface area contributed by atoms with Crippen molar-refractivity contribution >= 4 is 5.91 Å². The van der Waals surface area contributed by atoms with Crippen molar-refractivity contribution in [2.24, 2.45) is 0 Å². The second kappa shape index (κ2) is 7.06. The zero-order valence-electron chi connectivity index (χ0n) is 7.92. The Bertz CT molecular complexity index is 127. The predicted molar refractivity (Wildman–Crippen MR) is 46.0 cm³/mol. The minimum atomic E-state index is -0.107. The Morgan fingerprint density at radius 2 is 2.25 bits per heavy atom. The Balaban J connectivity index is 3.33. The molecule has 72 valence electrons. The lowest BCUT2D eigenvalue weighted by molar-refractivity contribution is -0.125. The molecule has 4 nitrogen and oxygen atoms in total. The monoisotopic (exact) mass is 175 g/mol. The van der Waals surface area contributed by atoms with E-state index in [1.165, 1.54) is 7.11 Å². The molecular weight excluding hydrogens is 158 g/mol. The molecule has 1 amide bonds. The quantitative estimate of drug-likeness (QED) is 0.626. The molecule has 0 spiro atoms. The van der Waals surface area contributed by atoms with Crippen LogP contribution in [0.2, 0.25) is 0 Å². The topological polar surface area (TPSA) is 47.6 Å². The Kier molecular flexibility index (Phi) is 6.70. The standard InChI is InChI=1S/C8H17NO3/c1-4-12-7(2)5-9-8(10)6-11-3/h7H,4-6H2,1-3H3,(H,9,10). The molecule has 0 aliphatic heterocycles. The Morgan fingerprint density at radius 1 is 1.58 bits per heavy atom. The second-order valence-corrected chi connectivity index (χ2v) is 2.50. The van der Waals surface area contributed by atoms with Gasteiger partial charge in [-0.25, -0.2) is 0 Å². The molecule has 0 aromatic rings. The van der Waals surface area contributed by atoms with Crippen molar-refractivity contribution < 1.29 is 14.3 Å². The van der Waals surface area contributed by atoms with E-state index in [4.69, 9.17) is 4.74 Å². The number of ether oxygens (including phenoxy) is 2. The summed E-state index contributed by atoms with van der Waals surface area (Å²) in [6.07, 6.45) is 0.0656. The van der Waals surface area contributed by atoms with E-state index in [2.05, 4.69) is 10.1 Å². The van der Waals surface area contributed by atoms with Gasteiger partial charge in [-0.1, -0.05) is 0 Å². The molecule has 12 heavy (non-hydrogen) atoms. The lowest BCUT2D eigenvalue weighted by Crippen LogP contribution is -2.34. The molecular formula is C8H17NO3. The summed E-state index contributed by atoms with van der Waals surface area (Å²) < 4.78 is 9.86. The Hall–Kier alpha value is -0.610. The third kappa shape index (κ3) is 6.12. The molecule has 0 saturated heterocycles. The maximum atomic E-state index is 10.9. The molecule has 1 N–H and O–H groups in total. The van der Waals surface area contributed by atoms with Crippen molar-refractivity contribution in [3.8, 4) is 0 Å². The fourth-order valence-electron chi connectivity index (χ4n) is 0.783. The molecule has 0 aliphatic carbocycles. The third-order valence-electron chi connectivity index (χ3n) is 1.31. The van der Waals surface area contributed by atoms with Crippen molar-refractivity contribution in [3.05, 3.63) is 0 Å². The average molecular weight is 175 g/mol. The summed E-state index contributed by atoms with van der Waals surface area (Å²) in [5, 5.41) is 2.68. The van der Waals surface area contributed by atoms with Crippen molar-refractivity contribution in [2.75, 3.05) is 26.9 Å². The van der Waals surface area contributed by atoms with Gasteiger partial charge in [-0.2, -0.15) is 0 Å². The molecule has 0 aromatic heterocycles. The van der Waals surface area contributed by atoms with Crippen LogP contribution in [0.4, 0.5) is 0 Å². The smallest absolute Gasteiger partial charge is 0.246 e. The van der Waals surface area contributed by atoms with Gasteiger partial charge < -0.3 is 14.8 Å². The van der Waals surface area contributed by atoms with E-state index in [9.17, 15) is 4.79 Å². The van der Waals surface area contributed by atoms with Gasteiger partial charge in [0.05, 0.1) is 6.10 Å². The van der Waals surface area contributed by atoms with Gasteiger partial charge in [0.15, 0.2) is 0 Å². The lowest BCUT2D eigenvalue weighted by Gasteiger charge is -2.11. The van der Waals surface area contributed by atoms with Crippen molar-refractivity contribution in [1.82, 2.24) is 5.32 Å². The van der Waals surface area contributed by atoms with Gasteiger partial charge in [0.2, 0.25) is 5.91 Å². The first-order valence-electron chi connectivity index (χ1n) is 4.08. The molecule has 0 saturated carbocycles. The van der Waals surface area contributed by atoms with Crippen LogP contribution in [0.15, 0.2) is 0 Å². The number of rotatable bonds is 6. The molecule has 0 aromatic carbocycles. The zero-order chi connectivity index (χ0) is 9.40. The minimum absolute atomic E-state index is 0.0656. The molecule has 1 atom stereocenters. The molecule has 0 radical (unpaired) electrons. The highest BCUT2D eigenvalue weighted by Crippen LogP contribution is 1.86. The lowest BCUT2D eigenvalue weighted by atomic mass is 10.4. The van der Waals surface area contributed by atoms with E-state index in [0.717, 1.165) is 0 Å². The number of methoxy groups -OCH3 is 1. The van der Waals surface area contributed by atoms with E-state index in [-0.39, 0.29) is 18.6 Å². The molecule has 0 fully saturated rings. The van der Waals surface area contributed by atoms with Gasteiger partial charge in [-0.05, 0) is 13.8 Å². The molecule has 0 rings (SSSR count). The summed E-state index contributed by atoms with van der Waals surface area (Å²) in [5.41, 5.74) is 0. The number of carbonyl (C=O) groups is 1. The highest BCUT2D eigenvalue weighted by molar-refractivity contribution is 5.77. The fraction of sp³-hybridized carbons (Fsp3) is 0.875. The third-order valence-corrected chi connectivity index (χ3v) is 1.31. The van der Waals surface area contributed by atoms with Crippen LogP contribution in [0.1, 0.15) is 13.8 Å². The van der Waals surface area contributed by atoms with Crippen LogP contribution in [0, 0.1) is 0 Å². The van der Waals surface area contributed by atoms with Gasteiger partial charge in [-0.15, -0.1) is 0 Å². The van der Waals surface area contributed by atoms with Gasteiger partial charge >= 0.3 is 0 Å². The minimum Gasteiger partial charge on any atom is -0.377 e. The van der Waals surface area contributed by atoms with E-state index >= 15 is 0 Å². The van der Waals surface area contributed by atoms with E-state index < -0.39 is 0 Å². The number of carbonyl (C=O) groups excluding carboxylic acids is 1. The van der Waals surface area contributed by atoms with Gasteiger partial charge in [0.25, 0.3) is 0 Å². The molecule has 0 bridgehead atoms. The van der Waals surface area contributed by atoms with Crippen LogP contribution in [0.5, 0.6) is 0 Å². The number of hydrogen-bond acceptors (Lipinski definition) is 3. The van der Waals surface area contributed by atoms with Crippen molar-refractivity contribution in [1.29, 1.82) is 0 Å².